The summed E-state index contributed by atoms with van der Waals surface area (Å²) in [5, 5.41) is 6.66. The third-order valence-electron chi connectivity index (χ3n) is 14.3. The summed E-state index contributed by atoms with van der Waals surface area (Å²) in [6.45, 7) is 0. The monoisotopic (exact) mass is 867 g/mol. The zero-order valence-corrected chi connectivity index (χ0v) is 36.9. The summed E-state index contributed by atoms with van der Waals surface area (Å²) in [5.74, 6) is 0. The van der Waals surface area contributed by atoms with E-state index in [0.717, 1.165) is 94.0 Å². The Morgan fingerprint density at radius 3 is 1.76 bits per heavy atom. The van der Waals surface area contributed by atoms with Crippen molar-refractivity contribution in [2.24, 2.45) is 0 Å². The number of benzene rings is 11. The number of anilines is 3. The molecule has 0 atom stereocenters. The first-order valence-corrected chi connectivity index (χ1v) is 23.3. The zero-order valence-electron chi connectivity index (χ0n) is 36.9. The summed E-state index contributed by atoms with van der Waals surface area (Å²) in [4.78, 5) is 2.39. The molecule has 11 aromatic carbocycles. The molecular weight excluding hydrogens is 827 g/mol. The smallest absolute Gasteiger partial charge is 0.159 e. The Morgan fingerprint density at radius 2 is 0.912 bits per heavy atom. The van der Waals surface area contributed by atoms with E-state index in [9.17, 15) is 0 Å². The second-order valence-electron chi connectivity index (χ2n) is 17.9. The molecule has 68 heavy (non-hydrogen) atoms. The Hall–Kier alpha value is -8.92. The predicted molar refractivity (Wildman–Crippen MR) is 281 cm³/mol. The Kier molecular flexibility index (Phi) is 8.50. The van der Waals surface area contributed by atoms with Crippen molar-refractivity contribution in [1.82, 2.24) is 0 Å². The van der Waals surface area contributed by atoms with Gasteiger partial charge in [0.05, 0.1) is 16.8 Å². The van der Waals surface area contributed by atoms with E-state index < -0.39 is 5.41 Å². The van der Waals surface area contributed by atoms with Crippen molar-refractivity contribution < 1.29 is 8.83 Å². The molecule has 14 rings (SSSR count). The zero-order chi connectivity index (χ0) is 44.8. The van der Waals surface area contributed by atoms with Crippen LogP contribution in [0.3, 0.4) is 0 Å². The highest BCUT2D eigenvalue weighted by Crippen LogP contribution is 2.57. The van der Waals surface area contributed by atoms with Gasteiger partial charge in [-0.1, -0.05) is 194 Å². The van der Waals surface area contributed by atoms with Crippen LogP contribution in [0.5, 0.6) is 0 Å². The largest absolute Gasteiger partial charge is 0.456 e. The minimum atomic E-state index is -0.481. The van der Waals surface area contributed by atoms with Crippen molar-refractivity contribution in [3.8, 4) is 33.4 Å². The minimum absolute atomic E-state index is 0.481. The van der Waals surface area contributed by atoms with Gasteiger partial charge in [-0.15, -0.1) is 0 Å². The van der Waals surface area contributed by atoms with E-state index in [-0.39, 0.29) is 0 Å². The molecule has 2 heterocycles. The topological polar surface area (TPSA) is 29.5 Å². The van der Waals surface area contributed by atoms with Crippen LogP contribution in [0.2, 0.25) is 0 Å². The standard InChI is InChI=1S/C65H41NO2/c1-3-19-46(20-4-1)65(47-21-5-2-6-22-47)57-29-12-9-26-51(57)56-40-45(35-38-58(56)65)49-24-10-13-30-59(49)66(60-31-16-28-54-55-37-33-42-17-7-8-25-50(42)63(55)68-64(54)60)48-23-15-18-43(39-48)44-34-36-53-52-27-11-14-32-61(52)67-62(53)41-44/h1-41H. The van der Waals surface area contributed by atoms with Gasteiger partial charge in [0.2, 0.25) is 0 Å². The van der Waals surface area contributed by atoms with E-state index in [2.05, 4.69) is 241 Å². The molecule has 2 aromatic heterocycles. The fraction of sp³-hybridized carbons (Fsp3) is 0.0154. The maximum Gasteiger partial charge on any atom is 0.159 e. The van der Waals surface area contributed by atoms with Gasteiger partial charge < -0.3 is 13.7 Å². The Bertz CT molecular complexity index is 4060. The number of hydrogen-bond acceptors (Lipinski definition) is 3. The molecule has 0 unspecified atom stereocenters. The van der Waals surface area contributed by atoms with Gasteiger partial charge in [-0.2, -0.15) is 0 Å². The van der Waals surface area contributed by atoms with Crippen LogP contribution in [0.1, 0.15) is 22.3 Å². The molecule has 0 spiro atoms. The number of para-hydroxylation sites is 3. The maximum atomic E-state index is 7.11. The quantitative estimate of drug-likeness (QED) is 0.160. The summed E-state index contributed by atoms with van der Waals surface area (Å²) in [6, 6.07) is 90.0. The van der Waals surface area contributed by atoms with Crippen molar-refractivity contribution in [2.45, 2.75) is 5.41 Å². The molecule has 318 valence electrons. The Labute approximate surface area is 393 Å². The summed E-state index contributed by atoms with van der Waals surface area (Å²) in [6.07, 6.45) is 0. The highest BCUT2D eigenvalue weighted by Gasteiger charge is 2.46. The molecule has 0 saturated heterocycles. The lowest BCUT2D eigenvalue weighted by Crippen LogP contribution is -2.28. The van der Waals surface area contributed by atoms with E-state index in [0.29, 0.717) is 0 Å². The van der Waals surface area contributed by atoms with Gasteiger partial charge in [0.25, 0.3) is 0 Å². The molecule has 0 fully saturated rings. The lowest BCUT2D eigenvalue weighted by atomic mass is 9.67. The molecular formula is C65H41NO2. The van der Waals surface area contributed by atoms with E-state index in [1.165, 1.54) is 33.4 Å². The fourth-order valence-corrected chi connectivity index (χ4v) is 11.4. The van der Waals surface area contributed by atoms with Crippen LogP contribution in [-0.4, -0.2) is 0 Å². The molecule has 0 N–H and O–H groups in total. The fourth-order valence-electron chi connectivity index (χ4n) is 11.4. The molecule has 1 aliphatic rings. The number of fused-ring (bicyclic) bond motifs is 11. The summed E-state index contributed by atoms with van der Waals surface area (Å²) >= 11 is 0. The molecule has 0 saturated carbocycles. The van der Waals surface area contributed by atoms with Gasteiger partial charge in [-0.3, -0.25) is 0 Å². The van der Waals surface area contributed by atoms with Crippen LogP contribution in [-0.2, 0) is 5.41 Å². The molecule has 13 aromatic rings. The maximum absolute atomic E-state index is 7.11. The van der Waals surface area contributed by atoms with E-state index in [1.807, 2.05) is 12.1 Å². The van der Waals surface area contributed by atoms with Gasteiger partial charge in [0.15, 0.2) is 5.58 Å². The van der Waals surface area contributed by atoms with Gasteiger partial charge in [-0.25, -0.2) is 0 Å². The van der Waals surface area contributed by atoms with Crippen LogP contribution in [0.25, 0.3) is 88.0 Å². The highest BCUT2D eigenvalue weighted by molar-refractivity contribution is 6.18. The van der Waals surface area contributed by atoms with Gasteiger partial charge in [0.1, 0.15) is 16.7 Å². The molecule has 1 aliphatic carbocycles. The van der Waals surface area contributed by atoms with Gasteiger partial charge in [-0.05, 0) is 110 Å². The third kappa shape index (κ3) is 5.66. The first-order chi connectivity index (χ1) is 33.7. The molecule has 0 radical (unpaired) electrons. The highest BCUT2D eigenvalue weighted by atomic mass is 16.3. The molecule has 3 nitrogen and oxygen atoms in total. The van der Waals surface area contributed by atoms with Crippen LogP contribution < -0.4 is 4.90 Å². The lowest BCUT2D eigenvalue weighted by Gasteiger charge is -2.34. The second kappa shape index (κ2) is 15.1. The third-order valence-corrected chi connectivity index (χ3v) is 14.3. The number of furan rings is 2. The average Bonchev–Trinajstić information content (AvgIpc) is 4.08. The Morgan fingerprint density at radius 1 is 0.309 bits per heavy atom. The van der Waals surface area contributed by atoms with Crippen molar-refractivity contribution in [2.75, 3.05) is 4.90 Å². The number of hydrogen-bond donors (Lipinski definition) is 0. The van der Waals surface area contributed by atoms with Crippen molar-refractivity contribution in [3.05, 3.63) is 271 Å². The van der Waals surface area contributed by atoms with Crippen LogP contribution in [0.15, 0.2) is 258 Å². The van der Waals surface area contributed by atoms with Crippen LogP contribution in [0, 0.1) is 0 Å². The van der Waals surface area contributed by atoms with E-state index in [4.69, 9.17) is 8.83 Å². The Balaban J connectivity index is 0.993. The van der Waals surface area contributed by atoms with Gasteiger partial charge >= 0.3 is 0 Å². The first kappa shape index (κ1) is 38.4. The molecule has 0 aliphatic heterocycles. The average molecular weight is 868 g/mol. The SMILES string of the molecule is c1ccc(C2(c3ccccc3)c3ccccc3-c3cc(-c4ccccc4N(c4cccc(-c5ccc6c(c5)oc5ccccc56)c4)c4cccc5c4oc4c6ccccc6ccc54)ccc32)cc1. The van der Waals surface area contributed by atoms with Crippen molar-refractivity contribution in [1.29, 1.82) is 0 Å². The summed E-state index contributed by atoms with van der Waals surface area (Å²) in [5.41, 5.74) is 18.0. The van der Waals surface area contributed by atoms with Crippen molar-refractivity contribution >= 4 is 71.7 Å². The van der Waals surface area contributed by atoms with Crippen LogP contribution >= 0.6 is 0 Å². The number of nitrogens with zero attached hydrogens (tertiary/aromatic N) is 1. The van der Waals surface area contributed by atoms with E-state index >= 15 is 0 Å². The normalized spacial score (nSPS) is 12.8. The second-order valence-corrected chi connectivity index (χ2v) is 17.9. The van der Waals surface area contributed by atoms with E-state index in [1.54, 1.807) is 0 Å². The van der Waals surface area contributed by atoms with Crippen LogP contribution in [0.4, 0.5) is 17.1 Å². The molecule has 0 amide bonds. The minimum Gasteiger partial charge on any atom is -0.456 e. The first-order valence-electron chi connectivity index (χ1n) is 23.3. The van der Waals surface area contributed by atoms with Gasteiger partial charge in [0, 0.05) is 38.2 Å². The summed E-state index contributed by atoms with van der Waals surface area (Å²) < 4.78 is 13.5. The summed E-state index contributed by atoms with van der Waals surface area (Å²) in [7, 11) is 0. The predicted octanol–water partition coefficient (Wildman–Crippen LogP) is 17.8. The lowest BCUT2D eigenvalue weighted by molar-refractivity contribution is 0.669. The van der Waals surface area contributed by atoms with Crippen molar-refractivity contribution in [3.63, 3.8) is 0 Å². The number of rotatable bonds is 7. The molecule has 0 bridgehead atoms. The molecule has 3 heteroatoms.